The molecule has 1 fully saturated rings. The first-order chi connectivity index (χ1) is 9.36. The van der Waals surface area contributed by atoms with Crippen LogP contribution in [0.15, 0.2) is 0 Å². The van der Waals surface area contributed by atoms with Crippen LogP contribution < -0.4 is 5.32 Å². The number of aliphatic hydroxyl groups is 1. The van der Waals surface area contributed by atoms with Crippen molar-refractivity contribution in [2.24, 2.45) is 5.92 Å². The minimum Gasteiger partial charge on any atom is -0.396 e. The maximum atomic E-state index is 8.72. The molecule has 19 heavy (non-hydrogen) atoms. The van der Waals surface area contributed by atoms with Gasteiger partial charge in [-0.05, 0) is 57.8 Å². The molecule has 0 unspecified atom stereocenters. The van der Waals surface area contributed by atoms with Crippen LogP contribution >= 0.6 is 0 Å². The molecule has 1 heterocycles. The molecule has 1 aliphatic rings. The minimum absolute atomic E-state index is 0.349. The Balaban J connectivity index is 1.93. The quantitative estimate of drug-likeness (QED) is 0.559. The van der Waals surface area contributed by atoms with Gasteiger partial charge >= 0.3 is 0 Å². The van der Waals surface area contributed by atoms with E-state index in [-0.39, 0.29) is 0 Å². The number of aliphatic hydroxyl groups excluding tert-OH is 1. The number of hydrogen-bond donors (Lipinski definition) is 2. The van der Waals surface area contributed by atoms with E-state index < -0.39 is 0 Å². The number of unbranched alkanes of at least 4 members (excludes halogenated alkanes) is 3. The van der Waals surface area contributed by atoms with Crippen molar-refractivity contribution in [3.8, 4) is 0 Å². The lowest BCUT2D eigenvalue weighted by Gasteiger charge is -2.32. The predicted octanol–water partition coefficient (Wildman–Crippen LogP) is 1.49. The van der Waals surface area contributed by atoms with Crippen LogP contribution in [-0.4, -0.2) is 63.1 Å². The summed E-state index contributed by atoms with van der Waals surface area (Å²) in [6, 6.07) is 0. The summed E-state index contributed by atoms with van der Waals surface area (Å²) in [5, 5.41) is 12.2. The molecule has 0 aromatic heterocycles. The lowest BCUT2D eigenvalue weighted by molar-refractivity contribution is 0.170. The van der Waals surface area contributed by atoms with E-state index in [1.54, 1.807) is 7.11 Å². The zero-order valence-corrected chi connectivity index (χ0v) is 12.6. The van der Waals surface area contributed by atoms with Gasteiger partial charge in [0.15, 0.2) is 0 Å². The van der Waals surface area contributed by atoms with E-state index >= 15 is 0 Å². The number of rotatable bonds is 11. The molecular weight excluding hydrogens is 240 g/mol. The number of methoxy groups -OCH3 is 1. The summed E-state index contributed by atoms with van der Waals surface area (Å²) in [6.07, 6.45) is 7.36. The van der Waals surface area contributed by atoms with Crippen LogP contribution in [0.1, 0.15) is 38.5 Å². The number of nitrogens with zero attached hydrogens (tertiary/aromatic N) is 1. The first kappa shape index (κ1) is 16.9. The highest BCUT2D eigenvalue weighted by atomic mass is 16.5. The van der Waals surface area contributed by atoms with E-state index in [1.807, 2.05) is 0 Å². The van der Waals surface area contributed by atoms with Gasteiger partial charge in [-0.3, -0.25) is 0 Å². The SMILES string of the molecule is COCCNCC1CCN(CCCCCCO)CC1. The number of likely N-dealkylation sites (tertiary alicyclic amines) is 1. The van der Waals surface area contributed by atoms with E-state index in [2.05, 4.69) is 10.2 Å². The van der Waals surface area contributed by atoms with E-state index in [4.69, 9.17) is 9.84 Å². The highest BCUT2D eigenvalue weighted by Crippen LogP contribution is 2.16. The fourth-order valence-electron chi connectivity index (χ4n) is 2.70. The summed E-state index contributed by atoms with van der Waals surface area (Å²) in [5.74, 6) is 0.850. The Morgan fingerprint density at radius 1 is 1.16 bits per heavy atom. The summed E-state index contributed by atoms with van der Waals surface area (Å²) >= 11 is 0. The van der Waals surface area contributed by atoms with Gasteiger partial charge in [0, 0.05) is 20.3 Å². The molecule has 114 valence electrons. The molecular formula is C15H32N2O2. The monoisotopic (exact) mass is 272 g/mol. The summed E-state index contributed by atoms with van der Waals surface area (Å²) in [4.78, 5) is 2.60. The Labute approximate surface area is 118 Å². The van der Waals surface area contributed by atoms with Crippen LogP contribution in [0.5, 0.6) is 0 Å². The van der Waals surface area contributed by atoms with Gasteiger partial charge in [-0.2, -0.15) is 0 Å². The first-order valence-corrected chi connectivity index (χ1v) is 7.89. The maximum Gasteiger partial charge on any atom is 0.0587 e. The second kappa shape index (κ2) is 11.6. The third kappa shape index (κ3) is 8.58. The van der Waals surface area contributed by atoms with Crippen LogP contribution in [-0.2, 0) is 4.74 Å². The summed E-state index contributed by atoms with van der Waals surface area (Å²) in [7, 11) is 1.75. The second-order valence-electron chi connectivity index (χ2n) is 5.62. The third-order valence-electron chi connectivity index (χ3n) is 4.01. The molecule has 0 saturated carbocycles. The van der Waals surface area contributed by atoms with Gasteiger partial charge in [0.25, 0.3) is 0 Å². The van der Waals surface area contributed by atoms with Crippen LogP contribution in [0.4, 0.5) is 0 Å². The third-order valence-corrected chi connectivity index (χ3v) is 4.01. The molecule has 1 aliphatic heterocycles. The van der Waals surface area contributed by atoms with Crippen molar-refractivity contribution >= 4 is 0 Å². The Kier molecular flexibility index (Phi) is 10.4. The first-order valence-electron chi connectivity index (χ1n) is 7.89. The van der Waals surface area contributed by atoms with E-state index in [9.17, 15) is 0 Å². The second-order valence-corrected chi connectivity index (χ2v) is 5.62. The van der Waals surface area contributed by atoms with E-state index in [0.717, 1.165) is 32.0 Å². The molecule has 1 rings (SSSR count). The minimum atomic E-state index is 0.349. The van der Waals surface area contributed by atoms with Crippen LogP contribution in [0, 0.1) is 5.92 Å². The molecule has 2 N–H and O–H groups in total. The average Bonchev–Trinajstić information content (AvgIpc) is 2.45. The topological polar surface area (TPSA) is 44.7 Å². The van der Waals surface area contributed by atoms with Crippen molar-refractivity contribution in [2.45, 2.75) is 38.5 Å². The van der Waals surface area contributed by atoms with Gasteiger partial charge in [-0.15, -0.1) is 0 Å². The van der Waals surface area contributed by atoms with Crippen molar-refractivity contribution in [3.63, 3.8) is 0 Å². The van der Waals surface area contributed by atoms with Crippen LogP contribution in [0.3, 0.4) is 0 Å². The zero-order chi connectivity index (χ0) is 13.8. The fourth-order valence-corrected chi connectivity index (χ4v) is 2.70. The van der Waals surface area contributed by atoms with Gasteiger partial charge in [0.2, 0.25) is 0 Å². The smallest absolute Gasteiger partial charge is 0.0587 e. The van der Waals surface area contributed by atoms with Gasteiger partial charge in [0.05, 0.1) is 6.61 Å². The lowest BCUT2D eigenvalue weighted by Crippen LogP contribution is -2.38. The average molecular weight is 272 g/mol. The Hall–Kier alpha value is -0.160. The van der Waals surface area contributed by atoms with Gasteiger partial charge in [-0.1, -0.05) is 12.8 Å². The molecule has 0 aromatic carbocycles. The largest absolute Gasteiger partial charge is 0.396 e. The van der Waals surface area contributed by atoms with Gasteiger partial charge in [-0.25, -0.2) is 0 Å². The standard InChI is InChI=1S/C15H32N2O2/c1-19-13-8-16-14-15-6-10-17(11-7-15)9-4-2-3-5-12-18/h15-16,18H,2-14H2,1H3. The lowest BCUT2D eigenvalue weighted by atomic mass is 9.96. The van der Waals surface area contributed by atoms with Crippen LogP contribution in [0.2, 0.25) is 0 Å². The van der Waals surface area contributed by atoms with Crippen molar-refractivity contribution in [1.29, 1.82) is 0 Å². The Morgan fingerprint density at radius 3 is 2.58 bits per heavy atom. The maximum absolute atomic E-state index is 8.72. The summed E-state index contributed by atoms with van der Waals surface area (Å²) in [5.41, 5.74) is 0. The normalized spacial score (nSPS) is 18.0. The fraction of sp³-hybridized carbons (Fsp3) is 1.00. The van der Waals surface area contributed by atoms with Crippen molar-refractivity contribution in [3.05, 3.63) is 0 Å². The van der Waals surface area contributed by atoms with Crippen LogP contribution in [0.25, 0.3) is 0 Å². The van der Waals surface area contributed by atoms with Gasteiger partial charge in [0.1, 0.15) is 0 Å². The van der Waals surface area contributed by atoms with E-state index in [1.165, 1.54) is 51.7 Å². The van der Waals surface area contributed by atoms with Crippen molar-refractivity contribution in [1.82, 2.24) is 10.2 Å². The highest BCUT2D eigenvalue weighted by Gasteiger charge is 2.18. The zero-order valence-electron chi connectivity index (χ0n) is 12.6. The number of piperidine rings is 1. The van der Waals surface area contributed by atoms with Crippen molar-refractivity contribution in [2.75, 3.05) is 53.0 Å². The molecule has 4 heteroatoms. The number of ether oxygens (including phenoxy) is 1. The molecule has 0 amide bonds. The van der Waals surface area contributed by atoms with Gasteiger partial charge < -0.3 is 20.1 Å². The Bertz CT molecular complexity index is 195. The Morgan fingerprint density at radius 2 is 1.89 bits per heavy atom. The molecule has 0 radical (unpaired) electrons. The number of hydrogen-bond acceptors (Lipinski definition) is 4. The highest BCUT2D eigenvalue weighted by molar-refractivity contribution is 4.73. The predicted molar refractivity (Wildman–Crippen MR) is 79.5 cm³/mol. The number of nitrogens with one attached hydrogen (secondary N) is 1. The molecule has 0 aromatic rings. The van der Waals surface area contributed by atoms with Crippen molar-refractivity contribution < 1.29 is 9.84 Å². The molecule has 0 bridgehead atoms. The molecule has 0 aliphatic carbocycles. The molecule has 0 atom stereocenters. The summed E-state index contributed by atoms with van der Waals surface area (Å²) < 4.78 is 5.03. The van der Waals surface area contributed by atoms with E-state index in [0.29, 0.717) is 6.61 Å². The summed E-state index contributed by atoms with van der Waals surface area (Å²) in [6.45, 7) is 7.05. The molecule has 0 spiro atoms. The molecule has 4 nitrogen and oxygen atoms in total. The molecule has 1 saturated heterocycles.